The minimum atomic E-state index is -4.43. The van der Waals surface area contributed by atoms with Crippen molar-refractivity contribution in [1.29, 1.82) is 0 Å². The van der Waals surface area contributed by atoms with Gasteiger partial charge >= 0.3 is 6.18 Å². The summed E-state index contributed by atoms with van der Waals surface area (Å²) < 4.78 is 53.2. The van der Waals surface area contributed by atoms with Gasteiger partial charge in [-0.15, -0.1) is 0 Å². The quantitative estimate of drug-likeness (QED) is 0.741. The third kappa shape index (κ3) is 2.92. The fraction of sp³-hybridized carbons (Fsp3) is 0.188. The Labute approximate surface area is 129 Å². The molecule has 0 saturated heterocycles. The lowest BCUT2D eigenvalue weighted by Crippen LogP contribution is -2.11. The van der Waals surface area contributed by atoms with Gasteiger partial charge < -0.3 is 9.72 Å². The number of halogens is 4. The van der Waals surface area contributed by atoms with E-state index in [0.717, 1.165) is 12.3 Å². The third-order valence-corrected chi connectivity index (χ3v) is 3.51. The van der Waals surface area contributed by atoms with Gasteiger partial charge in [0.2, 0.25) is 0 Å². The van der Waals surface area contributed by atoms with Crippen molar-refractivity contribution in [3.8, 4) is 11.3 Å². The molecular formula is C16H13F4N3. The molecule has 0 aliphatic rings. The predicted molar refractivity (Wildman–Crippen MR) is 78.4 cm³/mol. The second-order valence-corrected chi connectivity index (χ2v) is 5.09. The smallest absolute Gasteiger partial charge is 0.314 e. The van der Waals surface area contributed by atoms with Crippen LogP contribution in [0, 0.1) is 5.82 Å². The fourth-order valence-corrected chi connectivity index (χ4v) is 2.44. The average molecular weight is 323 g/mol. The zero-order valence-electron chi connectivity index (χ0n) is 12.2. The Morgan fingerprint density at radius 1 is 1.09 bits per heavy atom. The van der Waals surface area contributed by atoms with Crippen LogP contribution in [0.3, 0.4) is 0 Å². The molecule has 1 aromatic carbocycles. The van der Waals surface area contributed by atoms with Gasteiger partial charge in [0.05, 0.1) is 17.0 Å². The largest absolute Gasteiger partial charge is 0.417 e. The Morgan fingerprint density at radius 2 is 1.78 bits per heavy atom. The number of hydrogen-bond acceptors (Lipinski definition) is 2. The minimum Gasteiger partial charge on any atom is -0.314 e. The predicted octanol–water partition coefficient (Wildman–Crippen LogP) is 3.88. The van der Waals surface area contributed by atoms with Crippen molar-refractivity contribution in [2.24, 2.45) is 0 Å². The van der Waals surface area contributed by atoms with E-state index < -0.39 is 11.7 Å². The lowest BCUT2D eigenvalue weighted by molar-refractivity contribution is -0.137. The Bertz CT molecular complexity index is 835. The molecule has 0 unspecified atom stereocenters. The summed E-state index contributed by atoms with van der Waals surface area (Å²) in [5, 5.41) is 2.93. The summed E-state index contributed by atoms with van der Waals surface area (Å²) >= 11 is 0. The molecule has 0 atom stereocenters. The van der Waals surface area contributed by atoms with Crippen molar-refractivity contribution >= 4 is 5.65 Å². The molecule has 7 heteroatoms. The molecule has 23 heavy (non-hydrogen) atoms. The molecule has 0 fully saturated rings. The number of benzene rings is 1. The van der Waals surface area contributed by atoms with E-state index in [2.05, 4.69) is 10.3 Å². The SMILES string of the molecule is CNCc1c(-c2ccc(F)cc2)nc2ccc(C(F)(F)F)cn12. The summed E-state index contributed by atoms with van der Waals surface area (Å²) in [6.45, 7) is 0.329. The first kappa shape index (κ1) is 15.5. The van der Waals surface area contributed by atoms with Crippen LogP contribution in [0.2, 0.25) is 0 Å². The van der Waals surface area contributed by atoms with Gasteiger partial charge in [-0.2, -0.15) is 13.2 Å². The molecule has 3 aromatic rings. The van der Waals surface area contributed by atoms with E-state index in [4.69, 9.17) is 0 Å². The fourth-order valence-electron chi connectivity index (χ4n) is 2.44. The van der Waals surface area contributed by atoms with E-state index in [1.807, 2.05) is 0 Å². The molecule has 2 heterocycles. The van der Waals surface area contributed by atoms with Gasteiger partial charge in [0.15, 0.2) is 0 Å². The molecule has 0 bridgehead atoms. The second-order valence-electron chi connectivity index (χ2n) is 5.09. The molecule has 0 spiro atoms. The number of pyridine rings is 1. The van der Waals surface area contributed by atoms with Crippen LogP contribution >= 0.6 is 0 Å². The molecule has 0 aliphatic heterocycles. The average Bonchev–Trinajstić information content (AvgIpc) is 2.86. The van der Waals surface area contributed by atoms with Crippen LogP contribution in [0.25, 0.3) is 16.9 Å². The summed E-state index contributed by atoms with van der Waals surface area (Å²) in [5.41, 5.74) is 1.42. The standard InChI is InChI=1S/C16H13F4N3/c1-21-8-13-15(10-2-5-12(17)6-3-10)22-14-7-4-11(9-23(13)14)16(18,19)20/h2-7,9,21H,8H2,1H3. The summed E-state index contributed by atoms with van der Waals surface area (Å²) in [5.74, 6) is -0.382. The molecule has 2 aromatic heterocycles. The molecule has 0 aliphatic carbocycles. The lowest BCUT2D eigenvalue weighted by Gasteiger charge is -2.09. The molecule has 0 radical (unpaired) electrons. The van der Waals surface area contributed by atoms with E-state index in [0.29, 0.717) is 29.1 Å². The maximum Gasteiger partial charge on any atom is 0.417 e. The van der Waals surface area contributed by atoms with Crippen LogP contribution < -0.4 is 5.32 Å². The van der Waals surface area contributed by atoms with E-state index >= 15 is 0 Å². The first-order valence-electron chi connectivity index (χ1n) is 6.89. The van der Waals surface area contributed by atoms with Gasteiger partial charge in [-0.1, -0.05) is 0 Å². The zero-order chi connectivity index (χ0) is 16.6. The molecule has 0 saturated carbocycles. The number of nitrogens with one attached hydrogen (secondary N) is 1. The molecule has 3 nitrogen and oxygen atoms in total. The number of aromatic nitrogens is 2. The van der Waals surface area contributed by atoms with Gasteiger partial charge in [-0.05, 0) is 43.4 Å². The topological polar surface area (TPSA) is 29.3 Å². The number of rotatable bonds is 3. The number of imidazole rings is 1. The van der Waals surface area contributed by atoms with E-state index in [9.17, 15) is 17.6 Å². The summed E-state index contributed by atoms with van der Waals surface area (Å²) in [7, 11) is 1.70. The monoisotopic (exact) mass is 323 g/mol. The van der Waals surface area contributed by atoms with Gasteiger partial charge in [0, 0.05) is 18.3 Å². The normalized spacial score (nSPS) is 12.0. The molecular weight excluding hydrogens is 310 g/mol. The van der Waals surface area contributed by atoms with Gasteiger partial charge in [-0.25, -0.2) is 9.37 Å². The Morgan fingerprint density at radius 3 is 2.39 bits per heavy atom. The Balaban J connectivity index is 2.22. The number of alkyl halides is 3. The molecule has 120 valence electrons. The number of hydrogen-bond donors (Lipinski definition) is 1. The van der Waals surface area contributed by atoms with Crippen LogP contribution in [-0.4, -0.2) is 16.4 Å². The van der Waals surface area contributed by atoms with Crippen molar-refractivity contribution in [3.05, 3.63) is 59.7 Å². The summed E-state index contributed by atoms with van der Waals surface area (Å²) in [6, 6.07) is 8.03. The van der Waals surface area contributed by atoms with Crippen LogP contribution in [0.15, 0.2) is 42.6 Å². The molecule has 1 N–H and O–H groups in total. The van der Waals surface area contributed by atoms with Gasteiger partial charge in [-0.3, -0.25) is 0 Å². The van der Waals surface area contributed by atoms with Crippen LogP contribution in [0.4, 0.5) is 17.6 Å². The van der Waals surface area contributed by atoms with Gasteiger partial charge in [0.25, 0.3) is 0 Å². The van der Waals surface area contributed by atoms with Crippen LogP contribution in [-0.2, 0) is 12.7 Å². The summed E-state index contributed by atoms with van der Waals surface area (Å²) in [4.78, 5) is 4.39. The minimum absolute atomic E-state index is 0.329. The van der Waals surface area contributed by atoms with Crippen molar-refractivity contribution in [2.45, 2.75) is 12.7 Å². The number of nitrogens with zero attached hydrogens (tertiary/aromatic N) is 2. The highest BCUT2D eigenvalue weighted by atomic mass is 19.4. The first-order valence-corrected chi connectivity index (χ1v) is 6.89. The highest BCUT2D eigenvalue weighted by Gasteiger charge is 2.31. The first-order chi connectivity index (χ1) is 10.9. The second kappa shape index (κ2) is 5.66. The highest BCUT2D eigenvalue weighted by Crippen LogP contribution is 2.31. The third-order valence-electron chi connectivity index (χ3n) is 3.51. The van der Waals surface area contributed by atoms with Crippen molar-refractivity contribution in [2.75, 3.05) is 7.05 Å². The maximum atomic E-state index is 13.1. The summed E-state index contributed by atoms with van der Waals surface area (Å²) in [6.07, 6.45) is -3.40. The van der Waals surface area contributed by atoms with Crippen LogP contribution in [0.5, 0.6) is 0 Å². The van der Waals surface area contributed by atoms with Crippen molar-refractivity contribution in [3.63, 3.8) is 0 Å². The van der Waals surface area contributed by atoms with E-state index in [-0.39, 0.29) is 5.82 Å². The van der Waals surface area contributed by atoms with Crippen molar-refractivity contribution < 1.29 is 17.6 Å². The molecule has 0 amide bonds. The van der Waals surface area contributed by atoms with Crippen LogP contribution in [0.1, 0.15) is 11.3 Å². The van der Waals surface area contributed by atoms with Gasteiger partial charge in [0.1, 0.15) is 11.5 Å². The molecule has 3 rings (SSSR count). The maximum absolute atomic E-state index is 13.1. The van der Waals surface area contributed by atoms with E-state index in [1.165, 1.54) is 22.6 Å². The lowest BCUT2D eigenvalue weighted by atomic mass is 10.1. The van der Waals surface area contributed by atoms with E-state index in [1.54, 1.807) is 19.2 Å². The highest BCUT2D eigenvalue weighted by molar-refractivity contribution is 5.66. The zero-order valence-corrected chi connectivity index (χ0v) is 12.2. The number of fused-ring (bicyclic) bond motifs is 1. The Hall–Kier alpha value is -2.41. The van der Waals surface area contributed by atoms with Crippen molar-refractivity contribution in [1.82, 2.24) is 14.7 Å². The Kier molecular flexibility index (Phi) is 3.81.